The molecule has 1 aliphatic heterocycles. The highest BCUT2D eigenvalue weighted by Gasteiger charge is 2.42. The Kier molecular flexibility index (Phi) is 5.39. The van der Waals surface area contributed by atoms with E-state index in [9.17, 15) is 19.2 Å². The van der Waals surface area contributed by atoms with Crippen LogP contribution in [0.15, 0.2) is 0 Å². The van der Waals surface area contributed by atoms with Gasteiger partial charge >= 0.3 is 5.97 Å². The third-order valence-corrected chi connectivity index (χ3v) is 5.90. The van der Waals surface area contributed by atoms with Crippen LogP contribution in [0.5, 0.6) is 0 Å². The Balaban J connectivity index is 1.48. The van der Waals surface area contributed by atoms with Crippen LogP contribution in [-0.4, -0.2) is 48.2 Å². The summed E-state index contributed by atoms with van der Waals surface area (Å²) in [5.41, 5.74) is 5.32. The second kappa shape index (κ2) is 7.54. The number of rotatable bonds is 4. The van der Waals surface area contributed by atoms with Crippen LogP contribution >= 0.6 is 0 Å². The molecule has 7 nitrogen and oxygen atoms in total. The Labute approximate surface area is 147 Å². The topological polar surface area (TPSA) is 107 Å². The van der Waals surface area contributed by atoms with Crippen molar-refractivity contribution in [1.82, 2.24) is 4.90 Å². The number of hydrogen-bond acceptors (Lipinski definition) is 5. The second-order valence-electron chi connectivity index (χ2n) is 7.58. The average molecular weight is 350 g/mol. The quantitative estimate of drug-likeness (QED) is 0.749. The first-order valence-corrected chi connectivity index (χ1v) is 9.23. The predicted molar refractivity (Wildman–Crippen MR) is 88.0 cm³/mol. The van der Waals surface area contributed by atoms with Gasteiger partial charge in [-0.15, -0.1) is 0 Å². The fourth-order valence-corrected chi connectivity index (χ4v) is 4.45. The van der Waals surface area contributed by atoms with E-state index in [2.05, 4.69) is 0 Å². The number of ether oxygens (including phenoxy) is 1. The Hall–Kier alpha value is -1.92. The molecular weight excluding hydrogens is 324 g/mol. The summed E-state index contributed by atoms with van der Waals surface area (Å²) in [5.74, 6) is -1.38. The molecule has 4 atom stereocenters. The second-order valence-corrected chi connectivity index (χ2v) is 7.58. The van der Waals surface area contributed by atoms with Gasteiger partial charge in [0.15, 0.2) is 6.61 Å². The van der Waals surface area contributed by atoms with Gasteiger partial charge in [0.25, 0.3) is 5.91 Å². The van der Waals surface area contributed by atoms with Crippen LogP contribution in [-0.2, 0) is 23.9 Å². The lowest BCUT2D eigenvalue weighted by Gasteiger charge is -2.36. The normalized spacial score (nSPS) is 32.2. The molecule has 3 fully saturated rings. The van der Waals surface area contributed by atoms with Crippen LogP contribution in [0.3, 0.4) is 0 Å². The summed E-state index contributed by atoms with van der Waals surface area (Å²) in [4.78, 5) is 49.5. The molecule has 2 amide bonds. The van der Waals surface area contributed by atoms with E-state index >= 15 is 0 Å². The number of amides is 2. The minimum atomic E-state index is -0.395. The molecule has 3 aliphatic rings. The zero-order chi connectivity index (χ0) is 18.0. The number of esters is 1. The molecule has 0 aromatic heterocycles. The number of carbonyl (C=O) groups is 4. The fraction of sp³-hybridized carbons (Fsp3) is 0.778. The summed E-state index contributed by atoms with van der Waals surface area (Å²) in [5, 5.41) is 0. The molecular formula is C18H26N2O5. The molecule has 2 N–H and O–H groups in total. The number of nitrogens with two attached hydrogens (primary N) is 1. The van der Waals surface area contributed by atoms with E-state index in [-0.39, 0.29) is 42.2 Å². The van der Waals surface area contributed by atoms with Crippen molar-refractivity contribution in [2.45, 2.75) is 44.9 Å². The Morgan fingerprint density at radius 3 is 2.36 bits per heavy atom. The van der Waals surface area contributed by atoms with Crippen molar-refractivity contribution in [2.24, 2.45) is 29.4 Å². The summed E-state index contributed by atoms with van der Waals surface area (Å²) < 4.78 is 5.24. The molecule has 2 saturated carbocycles. The molecule has 0 radical (unpaired) electrons. The fourth-order valence-electron chi connectivity index (χ4n) is 4.45. The minimum absolute atomic E-state index is 0.0147. The van der Waals surface area contributed by atoms with Gasteiger partial charge in [0.1, 0.15) is 5.78 Å². The molecule has 1 heterocycles. The summed E-state index contributed by atoms with van der Waals surface area (Å²) in [6.45, 7) is 0.556. The maximum absolute atomic E-state index is 12.3. The van der Waals surface area contributed by atoms with E-state index in [0.717, 1.165) is 25.7 Å². The minimum Gasteiger partial charge on any atom is -0.455 e. The number of likely N-dealkylation sites (tertiary alicyclic amines) is 1. The zero-order valence-corrected chi connectivity index (χ0v) is 14.4. The highest BCUT2D eigenvalue weighted by molar-refractivity contribution is 5.88. The standard InChI is InChI=1S/C18H26N2O5/c19-17(23)13-5-2-6-20(9-13)15(21)10-25-18(24)14-7-11-3-1-4-12(8-14)16(11)22/h11-14H,1-10H2,(H2,19,23)/t11-,12+,13-,14?/m0/s1. The van der Waals surface area contributed by atoms with Crippen molar-refractivity contribution in [3.8, 4) is 0 Å². The molecule has 25 heavy (non-hydrogen) atoms. The molecule has 0 aromatic rings. The number of primary amides is 1. The van der Waals surface area contributed by atoms with Gasteiger partial charge in [0.2, 0.25) is 5.91 Å². The summed E-state index contributed by atoms with van der Waals surface area (Å²) in [6, 6.07) is 0. The van der Waals surface area contributed by atoms with Crippen molar-refractivity contribution < 1.29 is 23.9 Å². The molecule has 1 unspecified atom stereocenters. The highest BCUT2D eigenvalue weighted by Crippen LogP contribution is 2.40. The Morgan fingerprint density at radius 1 is 1.04 bits per heavy atom. The molecule has 2 bridgehead atoms. The van der Waals surface area contributed by atoms with Gasteiger partial charge in [0, 0.05) is 24.9 Å². The highest BCUT2D eigenvalue weighted by atomic mass is 16.5. The lowest BCUT2D eigenvalue weighted by atomic mass is 9.67. The van der Waals surface area contributed by atoms with Crippen LogP contribution < -0.4 is 5.73 Å². The Morgan fingerprint density at radius 2 is 1.72 bits per heavy atom. The molecule has 1 saturated heterocycles. The van der Waals surface area contributed by atoms with E-state index in [1.165, 1.54) is 0 Å². The summed E-state index contributed by atoms with van der Waals surface area (Å²) in [7, 11) is 0. The molecule has 0 spiro atoms. The van der Waals surface area contributed by atoms with Gasteiger partial charge in [-0.3, -0.25) is 19.2 Å². The lowest BCUT2D eigenvalue weighted by molar-refractivity contribution is -0.159. The maximum Gasteiger partial charge on any atom is 0.309 e. The SMILES string of the molecule is NC(=O)[C@H]1CCCN(C(=O)COC(=O)C2C[C@H]3CCC[C@@H](C2)C3=O)C1. The predicted octanol–water partition coefficient (Wildman–Crippen LogP) is 0.649. The largest absolute Gasteiger partial charge is 0.455 e. The third kappa shape index (κ3) is 4.02. The summed E-state index contributed by atoms with van der Waals surface area (Å²) >= 11 is 0. The first-order valence-electron chi connectivity index (χ1n) is 9.23. The summed E-state index contributed by atoms with van der Waals surface area (Å²) in [6.07, 6.45) is 5.29. The monoisotopic (exact) mass is 350 g/mol. The number of Topliss-reactive ketones (excluding diaryl/α,β-unsaturated/α-hetero) is 1. The van der Waals surface area contributed by atoms with Crippen molar-refractivity contribution in [3.05, 3.63) is 0 Å². The van der Waals surface area contributed by atoms with Gasteiger partial charge in [-0.05, 0) is 38.5 Å². The molecule has 7 heteroatoms. The molecule has 2 aliphatic carbocycles. The number of carbonyl (C=O) groups excluding carboxylic acids is 4. The van der Waals surface area contributed by atoms with E-state index in [0.29, 0.717) is 38.1 Å². The Bertz CT molecular complexity index is 560. The van der Waals surface area contributed by atoms with Crippen molar-refractivity contribution >= 4 is 23.6 Å². The van der Waals surface area contributed by atoms with E-state index in [1.54, 1.807) is 4.90 Å². The van der Waals surface area contributed by atoms with Gasteiger partial charge in [-0.1, -0.05) is 6.42 Å². The molecule has 138 valence electrons. The third-order valence-electron chi connectivity index (χ3n) is 5.90. The van der Waals surface area contributed by atoms with Crippen LogP contribution in [0.2, 0.25) is 0 Å². The zero-order valence-electron chi connectivity index (χ0n) is 14.4. The number of hydrogen-bond donors (Lipinski definition) is 1. The number of nitrogens with zero attached hydrogens (tertiary/aromatic N) is 1. The molecule has 3 rings (SSSR count). The maximum atomic E-state index is 12.3. The van der Waals surface area contributed by atoms with Gasteiger partial charge in [-0.25, -0.2) is 0 Å². The van der Waals surface area contributed by atoms with Crippen LogP contribution in [0.25, 0.3) is 0 Å². The van der Waals surface area contributed by atoms with Crippen molar-refractivity contribution in [2.75, 3.05) is 19.7 Å². The van der Waals surface area contributed by atoms with Gasteiger partial charge in [-0.2, -0.15) is 0 Å². The average Bonchev–Trinajstić information content (AvgIpc) is 2.59. The lowest BCUT2D eigenvalue weighted by Crippen LogP contribution is -2.46. The van der Waals surface area contributed by atoms with Crippen LogP contribution in [0.4, 0.5) is 0 Å². The number of piperidine rings is 1. The number of ketones is 1. The number of fused-ring (bicyclic) bond motifs is 2. The van der Waals surface area contributed by atoms with Gasteiger partial charge in [0.05, 0.1) is 11.8 Å². The van der Waals surface area contributed by atoms with E-state index < -0.39 is 5.91 Å². The van der Waals surface area contributed by atoms with Crippen molar-refractivity contribution in [1.29, 1.82) is 0 Å². The van der Waals surface area contributed by atoms with E-state index in [4.69, 9.17) is 10.5 Å². The van der Waals surface area contributed by atoms with E-state index in [1.807, 2.05) is 0 Å². The van der Waals surface area contributed by atoms with Crippen LogP contribution in [0.1, 0.15) is 44.9 Å². The van der Waals surface area contributed by atoms with Crippen molar-refractivity contribution in [3.63, 3.8) is 0 Å². The molecule has 0 aromatic carbocycles. The smallest absolute Gasteiger partial charge is 0.309 e. The first-order chi connectivity index (χ1) is 12.0. The first kappa shape index (κ1) is 17.9. The van der Waals surface area contributed by atoms with Crippen LogP contribution in [0, 0.1) is 23.7 Å². The van der Waals surface area contributed by atoms with Gasteiger partial charge < -0.3 is 15.4 Å².